The summed E-state index contributed by atoms with van der Waals surface area (Å²) < 4.78 is 26.4. The normalized spacial score (nSPS) is 19.5. The lowest BCUT2D eigenvalue weighted by Crippen LogP contribution is -2.56. The second-order valence-corrected chi connectivity index (χ2v) is 16.3. The largest absolute Gasteiger partial charge is 0.463 e. The molecule has 0 fully saturated rings. The number of primary amides is 1. The summed E-state index contributed by atoms with van der Waals surface area (Å²) in [6.07, 6.45) is 0.743. The Balaban J connectivity index is 2.05. The Morgan fingerprint density at radius 1 is 1.31 bits per heavy atom. The van der Waals surface area contributed by atoms with Crippen LogP contribution < -0.4 is 11.1 Å². The van der Waals surface area contributed by atoms with Gasteiger partial charge < -0.3 is 19.9 Å². The van der Waals surface area contributed by atoms with Crippen molar-refractivity contribution in [2.24, 2.45) is 5.73 Å². The van der Waals surface area contributed by atoms with Crippen LogP contribution in [0.1, 0.15) is 43.8 Å². The van der Waals surface area contributed by atoms with Crippen molar-refractivity contribution in [3.63, 3.8) is 0 Å². The van der Waals surface area contributed by atoms with Gasteiger partial charge in [0.25, 0.3) is 11.7 Å². The second-order valence-electron chi connectivity index (χ2n) is 10.2. The lowest BCUT2D eigenvalue weighted by atomic mass is 10.0. The quantitative estimate of drug-likeness (QED) is 0.239. The number of nitrogens with zero attached hydrogens (tertiary/aromatic N) is 1. The first-order chi connectivity index (χ1) is 16.1. The predicted octanol–water partition coefficient (Wildman–Crippen LogP) is 5.23. The molecule has 1 aromatic carbocycles. The van der Waals surface area contributed by atoms with Gasteiger partial charge in [-0.1, -0.05) is 25.4 Å². The first-order valence-corrected chi connectivity index (χ1v) is 15.2. The van der Waals surface area contributed by atoms with Crippen molar-refractivity contribution in [2.75, 3.05) is 19.0 Å². The number of furan rings is 1. The molecule has 3 rings (SSSR count). The van der Waals surface area contributed by atoms with Gasteiger partial charge in [-0.2, -0.15) is 4.84 Å². The van der Waals surface area contributed by atoms with E-state index in [2.05, 4.69) is 39.2 Å². The summed E-state index contributed by atoms with van der Waals surface area (Å²) in [4.78, 5) is 32.5. The van der Waals surface area contributed by atoms with Gasteiger partial charge >= 0.3 is 5.91 Å². The van der Waals surface area contributed by atoms with Crippen LogP contribution in [0.15, 0.2) is 40.8 Å². The van der Waals surface area contributed by atoms with E-state index in [1.165, 1.54) is 31.5 Å². The molecule has 2 aromatic rings. The average molecular weight is 617 g/mol. The maximum absolute atomic E-state index is 14.8. The van der Waals surface area contributed by atoms with Gasteiger partial charge in [-0.25, -0.2) is 9.18 Å². The molecule has 0 saturated carbocycles. The van der Waals surface area contributed by atoms with Crippen molar-refractivity contribution in [3.8, 4) is 0 Å². The first-order valence-electron chi connectivity index (χ1n) is 11.2. The van der Waals surface area contributed by atoms with Crippen molar-refractivity contribution >= 4 is 54.0 Å². The molecule has 1 aliphatic heterocycles. The van der Waals surface area contributed by atoms with Crippen molar-refractivity contribution in [2.45, 2.75) is 51.9 Å². The van der Waals surface area contributed by atoms with Gasteiger partial charge in [-0.05, 0) is 71.9 Å². The molecule has 0 saturated heterocycles. The van der Waals surface area contributed by atoms with E-state index in [9.17, 15) is 14.0 Å². The zero-order valence-corrected chi connectivity index (χ0v) is 24.2. The maximum Gasteiger partial charge on any atom is 0.388 e. The Morgan fingerprint density at radius 2 is 1.97 bits per heavy atom. The maximum atomic E-state index is 14.8. The van der Waals surface area contributed by atoms with E-state index in [0.29, 0.717) is 3.57 Å². The summed E-state index contributed by atoms with van der Waals surface area (Å²) in [5.74, 6) is -1.93. The number of nitrogens with one attached hydrogen (secondary N) is 1. The van der Waals surface area contributed by atoms with Crippen LogP contribution in [-0.4, -0.2) is 44.5 Å². The molecular weight excluding hydrogens is 584 g/mol. The summed E-state index contributed by atoms with van der Waals surface area (Å²) in [6.45, 7) is 12.6. The van der Waals surface area contributed by atoms with E-state index in [-0.39, 0.29) is 40.1 Å². The van der Waals surface area contributed by atoms with E-state index in [4.69, 9.17) is 19.4 Å². The van der Waals surface area contributed by atoms with E-state index in [0.717, 1.165) is 0 Å². The third-order valence-electron chi connectivity index (χ3n) is 6.48. The van der Waals surface area contributed by atoms with Crippen LogP contribution in [0.2, 0.25) is 18.1 Å². The number of rotatable bonds is 8. The number of hydrogen-bond acceptors (Lipinski definition) is 6. The topological polar surface area (TPSA) is 104 Å². The van der Waals surface area contributed by atoms with Crippen molar-refractivity contribution in [1.82, 2.24) is 0 Å². The smallest absolute Gasteiger partial charge is 0.388 e. The Hall–Kier alpha value is -2.06. The number of fused-ring (bicyclic) bond motifs is 1. The molecule has 1 aromatic heterocycles. The highest BCUT2D eigenvalue weighted by Crippen LogP contribution is 2.40. The van der Waals surface area contributed by atoms with Gasteiger partial charge in [0.1, 0.15) is 24.5 Å². The Bertz CT molecular complexity index is 1190. The van der Waals surface area contributed by atoms with Gasteiger partial charge in [0.05, 0.1) is 18.6 Å². The van der Waals surface area contributed by atoms with Crippen molar-refractivity contribution < 1.29 is 32.3 Å². The van der Waals surface area contributed by atoms with Gasteiger partial charge in [0.15, 0.2) is 19.7 Å². The number of carbonyl (C=O) groups excluding carboxylic acids is 2. The fourth-order valence-electron chi connectivity index (χ4n) is 3.47. The number of anilines is 1. The number of hydroxylamine groups is 3. The average Bonchev–Trinajstić information content (AvgIpc) is 3.20. The molecule has 0 radical (unpaired) electrons. The molecule has 190 valence electrons. The molecule has 0 aliphatic carbocycles. The van der Waals surface area contributed by atoms with E-state index >= 15 is 0 Å². The van der Waals surface area contributed by atoms with E-state index in [1.54, 1.807) is 13.0 Å². The first kappa shape index (κ1) is 27.5. The van der Waals surface area contributed by atoms with Crippen LogP contribution in [0, 0.1) is 9.39 Å². The molecule has 0 spiro atoms. The highest BCUT2D eigenvalue weighted by atomic mass is 127. The third-order valence-corrected chi connectivity index (χ3v) is 11.7. The summed E-state index contributed by atoms with van der Waals surface area (Å²) >= 11 is 1.99. The van der Waals surface area contributed by atoms with Crippen LogP contribution in [0.25, 0.3) is 5.57 Å². The zero-order chi connectivity index (χ0) is 26.3. The molecule has 35 heavy (non-hydrogen) atoms. The van der Waals surface area contributed by atoms with Gasteiger partial charge in [-0.3, -0.25) is 4.79 Å². The van der Waals surface area contributed by atoms with Crippen LogP contribution in [0.4, 0.5) is 10.1 Å². The minimum Gasteiger partial charge on any atom is -0.463 e. The fraction of sp³-hybridized carbons (Fsp3) is 0.417. The van der Waals surface area contributed by atoms with Crippen molar-refractivity contribution in [3.05, 3.63) is 57.1 Å². The second kappa shape index (κ2) is 9.77. The highest BCUT2D eigenvalue weighted by molar-refractivity contribution is 14.1. The third kappa shape index (κ3) is 5.38. The van der Waals surface area contributed by atoms with E-state index < -0.39 is 36.7 Å². The number of hydrogen-bond donors (Lipinski definition) is 2. The van der Waals surface area contributed by atoms with Gasteiger partial charge in [0.2, 0.25) is 0 Å². The highest BCUT2D eigenvalue weighted by Gasteiger charge is 2.52. The lowest BCUT2D eigenvalue weighted by Gasteiger charge is -2.38. The number of halogens is 2. The van der Waals surface area contributed by atoms with Crippen LogP contribution >= 0.6 is 22.6 Å². The number of quaternary nitrogens is 1. The molecule has 1 aliphatic rings. The van der Waals surface area contributed by atoms with Crippen LogP contribution in [0.3, 0.4) is 0 Å². The predicted molar refractivity (Wildman–Crippen MR) is 142 cm³/mol. The SMILES string of the molecule is CC(CO[Si](C)(C)C(C)(C)C)O[N+]1(C)C(=O)c2ccoc2C(C(N)=O)=C1Nc1ccc(I)cc1F. The Kier molecular flexibility index (Phi) is 7.68. The fourth-order valence-corrected chi connectivity index (χ4v) is 5.01. The number of nitrogens with two attached hydrogens (primary N) is 1. The summed E-state index contributed by atoms with van der Waals surface area (Å²) in [5.41, 5.74) is 5.83. The molecule has 2 atom stereocenters. The monoisotopic (exact) mass is 616 g/mol. The standard InChI is InChI=1S/C24H31FIN3O5Si/c1-14(13-33-35(6,7)24(2,3)4)34-29(5)22(28-18-9-8-15(26)12-17(18)25)19(21(27)30)20-16(23(29)31)10-11-32-20/h8-12,14H,13H2,1-7H3,(H2-,27,28,30,31)/p+1. The number of benzene rings is 1. The minimum absolute atomic E-state index is 0.00800. The summed E-state index contributed by atoms with van der Waals surface area (Å²) in [5, 5.41) is 2.89. The summed E-state index contributed by atoms with van der Waals surface area (Å²) in [6, 6.07) is 6.00. The van der Waals surface area contributed by atoms with Crippen LogP contribution in [-0.2, 0) is 14.1 Å². The summed E-state index contributed by atoms with van der Waals surface area (Å²) in [7, 11) is -0.600. The molecular formula is C24H32FIN3O5Si+. The molecule has 2 heterocycles. The lowest BCUT2D eigenvalue weighted by molar-refractivity contribution is -1.000. The number of carbonyl (C=O) groups is 2. The van der Waals surface area contributed by atoms with E-state index in [1.807, 2.05) is 22.6 Å². The molecule has 0 bridgehead atoms. The molecule has 2 amide bonds. The molecule has 2 unspecified atom stereocenters. The Morgan fingerprint density at radius 3 is 2.54 bits per heavy atom. The number of amides is 2. The van der Waals surface area contributed by atoms with Crippen molar-refractivity contribution in [1.29, 1.82) is 0 Å². The molecule has 3 N–H and O–H groups in total. The van der Waals surface area contributed by atoms with Gasteiger partial charge in [0, 0.05) is 3.57 Å². The zero-order valence-electron chi connectivity index (χ0n) is 21.0. The molecule has 11 heteroatoms. The van der Waals surface area contributed by atoms with Gasteiger partial charge in [-0.15, -0.1) is 0 Å². The Labute approximate surface area is 219 Å². The minimum atomic E-state index is -2.08. The molecule has 8 nitrogen and oxygen atoms in total. The van der Waals surface area contributed by atoms with Crippen LogP contribution in [0.5, 0.6) is 0 Å².